The van der Waals surface area contributed by atoms with Gasteiger partial charge in [0, 0.05) is 29.6 Å². The van der Waals surface area contributed by atoms with Crippen LogP contribution < -0.4 is 16.0 Å². The molecule has 4 N–H and O–H groups in total. The van der Waals surface area contributed by atoms with Gasteiger partial charge in [-0.25, -0.2) is 13.4 Å². The number of aliphatic hydroxyl groups is 1. The minimum absolute atomic E-state index is 0.0306. The summed E-state index contributed by atoms with van der Waals surface area (Å²) in [5.41, 5.74) is 1.06. The van der Waals surface area contributed by atoms with Gasteiger partial charge >= 0.3 is 12.1 Å². The molecule has 4 rings (SSSR count). The number of carbonyl (C=O) groups excluding carboxylic acids is 2. The fraction of sp³-hybridized carbons (Fsp3) is 0.346. The Morgan fingerprint density at radius 1 is 1.15 bits per heavy atom. The van der Waals surface area contributed by atoms with Gasteiger partial charge in [-0.05, 0) is 49.1 Å². The number of rotatable bonds is 7. The molecule has 1 aliphatic rings. The Hall–Kier alpha value is -4.09. The van der Waals surface area contributed by atoms with Crippen molar-refractivity contribution in [2.75, 3.05) is 35.3 Å². The van der Waals surface area contributed by atoms with Crippen LogP contribution in [0.15, 0.2) is 42.6 Å². The lowest BCUT2D eigenvalue weighted by molar-refractivity contribution is -0.140. The van der Waals surface area contributed by atoms with E-state index in [-0.39, 0.29) is 53.3 Å². The molecule has 0 atom stereocenters. The number of nitrogens with zero attached hydrogens (tertiary/aromatic N) is 2. The normalized spacial score (nSPS) is 15.2. The van der Waals surface area contributed by atoms with Gasteiger partial charge in [-0.15, -0.1) is 0 Å². The maximum absolute atomic E-state index is 13.4. The van der Waals surface area contributed by atoms with Crippen LogP contribution in [-0.2, 0) is 21.2 Å². The number of carbonyl (C=O) groups is 2. The number of pyridine rings is 1. The highest BCUT2D eigenvalue weighted by Gasteiger charge is 2.30. The number of alkyl halides is 3. The van der Waals surface area contributed by atoms with Crippen molar-refractivity contribution in [2.24, 2.45) is 0 Å². The predicted octanol–water partition coefficient (Wildman–Crippen LogP) is 2.30. The van der Waals surface area contributed by atoms with Gasteiger partial charge in [0.1, 0.15) is 22.1 Å². The van der Waals surface area contributed by atoms with Gasteiger partial charge in [-0.2, -0.15) is 13.2 Å². The van der Waals surface area contributed by atoms with E-state index >= 15 is 0 Å². The van der Waals surface area contributed by atoms with Crippen molar-refractivity contribution in [3.8, 4) is 11.8 Å². The maximum atomic E-state index is 13.4. The van der Waals surface area contributed by atoms with Crippen LogP contribution in [0.4, 0.5) is 24.5 Å². The molecule has 0 radical (unpaired) electrons. The van der Waals surface area contributed by atoms with Crippen molar-refractivity contribution >= 4 is 43.9 Å². The summed E-state index contributed by atoms with van der Waals surface area (Å²) in [6, 6.07) is 8.90. The number of amides is 2. The fourth-order valence-electron chi connectivity index (χ4n) is 4.26. The third-order valence-electron chi connectivity index (χ3n) is 6.15. The number of fused-ring (bicyclic) bond motifs is 1. The van der Waals surface area contributed by atoms with E-state index in [1.54, 1.807) is 12.1 Å². The molecule has 2 amide bonds. The molecule has 0 bridgehead atoms. The second-order valence-corrected chi connectivity index (χ2v) is 11.5. The average molecular weight is 578 g/mol. The van der Waals surface area contributed by atoms with Crippen LogP contribution in [0.25, 0.3) is 10.9 Å². The molecule has 3 heterocycles. The third kappa shape index (κ3) is 7.51. The molecule has 3 aromatic rings. The van der Waals surface area contributed by atoms with Crippen molar-refractivity contribution in [2.45, 2.75) is 31.6 Å². The first-order chi connectivity index (χ1) is 18.9. The number of nitrogens with one attached hydrogen (secondary N) is 3. The zero-order valence-electron chi connectivity index (χ0n) is 21.1. The molecule has 0 unspecified atom stereocenters. The second kappa shape index (κ2) is 12.0. The average Bonchev–Trinajstić information content (AvgIpc) is 3.24. The Morgan fingerprint density at radius 3 is 2.55 bits per heavy atom. The van der Waals surface area contributed by atoms with Crippen LogP contribution >= 0.6 is 0 Å². The highest BCUT2D eigenvalue weighted by atomic mass is 32.2. The van der Waals surface area contributed by atoms with E-state index in [1.807, 2.05) is 0 Å². The maximum Gasteiger partial charge on any atom is 0.406 e. The number of aliphatic hydroxyl groups excluding tert-OH is 1. The van der Waals surface area contributed by atoms with Crippen LogP contribution in [0, 0.1) is 11.8 Å². The Kier molecular flexibility index (Phi) is 8.65. The summed E-state index contributed by atoms with van der Waals surface area (Å²) in [4.78, 5) is 28.2. The van der Waals surface area contributed by atoms with E-state index in [0.717, 1.165) is 4.57 Å². The third-order valence-corrected chi connectivity index (χ3v) is 7.87. The van der Waals surface area contributed by atoms with Gasteiger partial charge in [0.25, 0.3) is 5.91 Å². The van der Waals surface area contributed by atoms with E-state index in [9.17, 15) is 31.2 Å². The van der Waals surface area contributed by atoms with Gasteiger partial charge in [-0.3, -0.25) is 9.59 Å². The Bertz CT molecular complexity index is 1560. The van der Waals surface area contributed by atoms with Crippen LogP contribution in [0.1, 0.15) is 29.0 Å². The number of halogens is 3. The molecular formula is C26H26F3N5O5S. The SMILES string of the molecule is O=C(C#Cc1cc2c(NC3CCS(=O)(=O)CC3)cccc2n1CC(F)(F)F)Nc1ccc(C(=O)NCCO)nc1. The van der Waals surface area contributed by atoms with Crippen LogP contribution in [0.5, 0.6) is 0 Å². The number of anilines is 2. The minimum Gasteiger partial charge on any atom is -0.395 e. The van der Waals surface area contributed by atoms with Crippen molar-refractivity contribution in [3.05, 3.63) is 54.0 Å². The van der Waals surface area contributed by atoms with Crippen molar-refractivity contribution in [1.82, 2.24) is 14.9 Å². The smallest absolute Gasteiger partial charge is 0.395 e. The molecule has 1 saturated heterocycles. The predicted molar refractivity (Wildman–Crippen MR) is 142 cm³/mol. The first-order valence-corrected chi connectivity index (χ1v) is 14.1. The monoisotopic (exact) mass is 577 g/mol. The van der Waals surface area contributed by atoms with Crippen molar-refractivity contribution in [3.63, 3.8) is 0 Å². The van der Waals surface area contributed by atoms with Crippen LogP contribution in [0.3, 0.4) is 0 Å². The summed E-state index contributed by atoms with van der Waals surface area (Å²) in [5.74, 6) is 3.59. The molecule has 1 fully saturated rings. The molecule has 0 saturated carbocycles. The van der Waals surface area contributed by atoms with Crippen molar-refractivity contribution in [1.29, 1.82) is 0 Å². The second-order valence-electron chi connectivity index (χ2n) is 9.16. The molecule has 1 aromatic carbocycles. The van der Waals surface area contributed by atoms with Gasteiger partial charge in [0.05, 0.1) is 41.2 Å². The van der Waals surface area contributed by atoms with Gasteiger partial charge in [0.15, 0.2) is 0 Å². The summed E-state index contributed by atoms with van der Waals surface area (Å²) in [7, 11) is -3.08. The summed E-state index contributed by atoms with van der Waals surface area (Å²) in [6.45, 7) is -1.50. The Balaban J connectivity index is 1.55. The van der Waals surface area contributed by atoms with Gasteiger partial charge in [0.2, 0.25) is 0 Å². The Labute approximate surface area is 227 Å². The minimum atomic E-state index is -4.55. The molecule has 10 nitrogen and oxygen atoms in total. The number of hydrogen-bond donors (Lipinski definition) is 4. The molecule has 14 heteroatoms. The van der Waals surface area contributed by atoms with E-state index < -0.39 is 34.4 Å². The summed E-state index contributed by atoms with van der Waals surface area (Å²) in [5, 5.41) is 17.4. The first-order valence-electron chi connectivity index (χ1n) is 12.3. The highest BCUT2D eigenvalue weighted by molar-refractivity contribution is 7.91. The van der Waals surface area contributed by atoms with Gasteiger partial charge < -0.3 is 25.6 Å². The molecular weight excluding hydrogens is 551 g/mol. The summed E-state index contributed by atoms with van der Waals surface area (Å²) >= 11 is 0. The summed E-state index contributed by atoms with van der Waals surface area (Å²) in [6.07, 6.45) is -2.55. The van der Waals surface area contributed by atoms with E-state index in [4.69, 9.17) is 5.11 Å². The van der Waals surface area contributed by atoms with E-state index in [1.165, 1.54) is 30.5 Å². The fourth-order valence-corrected chi connectivity index (χ4v) is 5.75. The molecule has 40 heavy (non-hydrogen) atoms. The van der Waals surface area contributed by atoms with Crippen LogP contribution in [0.2, 0.25) is 0 Å². The standard InChI is InChI=1S/C26H26F3N5O5S/c27-26(28,29)16-34-19(5-7-24(36)33-18-4-6-22(31-15-18)25(37)30-10-11-35)14-20-21(2-1-3-23(20)34)32-17-8-12-40(38,39)13-9-17/h1-4,6,14-15,17,32,35H,8-13,16H2,(H,30,37)(H,33,36). The number of sulfone groups is 1. The van der Waals surface area contributed by atoms with Gasteiger partial charge in [-0.1, -0.05) is 6.07 Å². The van der Waals surface area contributed by atoms with Crippen molar-refractivity contribution < 1.29 is 36.3 Å². The van der Waals surface area contributed by atoms with E-state index in [0.29, 0.717) is 23.9 Å². The highest BCUT2D eigenvalue weighted by Crippen LogP contribution is 2.31. The topological polar surface area (TPSA) is 142 Å². The van der Waals surface area contributed by atoms with E-state index in [2.05, 4.69) is 32.8 Å². The Morgan fingerprint density at radius 2 is 1.90 bits per heavy atom. The first kappa shape index (κ1) is 28.9. The number of hydrogen-bond acceptors (Lipinski definition) is 7. The molecule has 1 aliphatic heterocycles. The zero-order valence-corrected chi connectivity index (χ0v) is 21.9. The lowest BCUT2D eigenvalue weighted by atomic mass is 10.1. The zero-order chi connectivity index (χ0) is 28.9. The van der Waals surface area contributed by atoms with Crippen LogP contribution in [-0.4, -0.2) is 71.8 Å². The molecule has 0 aliphatic carbocycles. The lowest BCUT2D eigenvalue weighted by Gasteiger charge is -2.24. The number of aromatic nitrogens is 2. The molecule has 0 spiro atoms. The molecule has 2 aromatic heterocycles. The summed E-state index contributed by atoms with van der Waals surface area (Å²) < 4.78 is 64.8. The molecule has 212 valence electrons. The number of benzene rings is 1. The largest absolute Gasteiger partial charge is 0.406 e. The quantitative estimate of drug-likeness (QED) is 0.316. The lowest BCUT2D eigenvalue weighted by Crippen LogP contribution is -2.32.